The van der Waals surface area contributed by atoms with Gasteiger partial charge < -0.3 is 20.1 Å². The highest BCUT2D eigenvalue weighted by Gasteiger charge is 2.31. The van der Waals surface area contributed by atoms with Crippen LogP contribution in [0.2, 0.25) is 0 Å². The summed E-state index contributed by atoms with van der Waals surface area (Å²) in [5.74, 6) is 0.602. The molecule has 36 heavy (non-hydrogen) atoms. The van der Waals surface area contributed by atoms with Gasteiger partial charge >= 0.3 is 6.18 Å². The van der Waals surface area contributed by atoms with Crippen LogP contribution in [0.15, 0.2) is 42.5 Å². The molecule has 1 saturated heterocycles. The molecule has 0 radical (unpaired) electrons. The molecule has 2 amide bonds. The molecule has 10 heteroatoms. The van der Waals surface area contributed by atoms with Crippen molar-refractivity contribution in [2.75, 3.05) is 30.4 Å². The van der Waals surface area contributed by atoms with E-state index in [1.165, 1.54) is 12.1 Å². The van der Waals surface area contributed by atoms with Crippen molar-refractivity contribution in [2.45, 2.75) is 45.3 Å². The van der Waals surface area contributed by atoms with Crippen molar-refractivity contribution in [1.82, 2.24) is 14.9 Å². The molecule has 0 saturated carbocycles. The lowest BCUT2D eigenvalue weighted by molar-refractivity contribution is -0.137. The average molecular weight is 502 g/mol. The first kappa shape index (κ1) is 25.5. The third-order valence-corrected chi connectivity index (χ3v) is 6.53. The van der Waals surface area contributed by atoms with E-state index >= 15 is 0 Å². The van der Waals surface area contributed by atoms with Crippen LogP contribution < -0.4 is 10.2 Å². The molecule has 1 unspecified atom stereocenters. The summed E-state index contributed by atoms with van der Waals surface area (Å²) in [4.78, 5) is 36.6. The van der Waals surface area contributed by atoms with E-state index < -0.39 is 11.7 Å². The first-order valence-corrected chi connectivity index (χ1v) is 12.0. The summed E-state index contributed by atoms with van der Waals surface area (Å²) in [7, 11) is 1.95. The van der Waals surface area contributed by atoms with Crippen molar-refractivity contribution in [3.63, 3.8) is 0 Å². The average Bonchev–Trinajstić information content (AvgIpc) is 3.49. The number of carbonyl (C=O) groups excluding carboxylic acids is 2. The zero-order valence-electron chi connectivity index (χ0n) is 20.5. The Kier molecular flexibility index (Phi) is 7.23. The van der Waals surface area contributed by atoms with Crippen LogP contribution in [0.25, 0.3) is 11.0 Å². The zero-order chi connectivity index (χ0) is 26.0. The number of carbonyl (C=O) groups is 2. The molecule has 0 bridgehead atoms. The van der Waals surface area contributed by atoms with Crippen molar-refractivity contribution in [3.05, 3.63) is 53.6 Å². The molecule has 1 aliphatic rings. The number of halogens is 3. The van der Waals surface area contributed by atoms with Crippen LogP contribution in [-0.2, 0) is 22.2 Å². The van der Waals surface area contributed by atoms with Gasteiger partial charge in [0.1, 0.15) is 0 Å². The Bertz CT molecular complexity index is 1240. The molecule has 1 atom stereocenters. The highest BCUT2D eigenvalue weighted by molar-refractivity contribution is 5.93. The quantitative estimate of drug-likeness (QED) is 0.485. The second kappa shape index (κ2) is 10.2. The van der Waals surface area contributed by atoms with E-state index in [-0.39, 0.29) is 30.2 Å². The lowest BCUT2D eigenvalue weighted by atomic mass is 10.1. The minimum Gasteiger partial charge on any atom is -0.341 e. The minimum absolute atomic E-state index is 0.0242. The van der Waals surface area contributed by atoms with Gasteiger partial charge in [-0.15, -0.1) is 0 Å². The number of fused-ring (bicyclic) bond motifs is 1. The number of H-pyrrole nitrogens is 1. The standard InChI is InChI=1S/C26H30F3N5O2/c1-16(2)24(36)34-13-12-20(15-34)33(3)25-31-21-10-9-19(14-22(21)32-25)30-23(35)11-6-17-4-7-18(8-5-17)26(27,28)29/h4-5,7-10,14,16,20H,6,11-13,15H2,1-3H3,(H,30,35)(H,31,32). The Morgan fingerprint density at radius 3 is 2.58 bits per heavy atom. The number of hydrogen-bond acceptors (Lipinski definition) is 4. The molecule has 0 spiro atoms. The van der Waals surface area contributed by atoms with Crippen LogP contribution in [-0.4, -0.2) is 52.9 Å². The number of aryl methyl sites for hydroxylation is 1. The van der Waals surface area contributed by atoms with Gasteiger partial charge in [0, 0.05) is 38.2 Å². The maximum absolute atomic E-state index is 12.7. The van der Waals surface area contributed by atoms with Crippen LogP contribution >= 0.6 is 0 Å². The number of nitrogens with zero attached hydrogens (tertiary/aromatic N) is 3. The number of benzene rings is 2. The number of aromatic amines is 1. The van der Waals surface area contributed by atoms with Crippen LogP contribution in [0.3, 0.4) is 0 Å². The van der Waals surface area contributed by atoms with E-state index in [0.29, 0.717) is 30.2 Å². The van der Waals surface area contributed by atoms with E-state index in [2.05, 4.69) is 20.2 Å². The summed E-state index contributed by atoms with van der Waals surface area (Å²) < 4.78 is 38.1. The number of rotatable bonds is 7. The van der Waals surface area contributed by atoms with Gasteiger partial charge in [-0.2, -0.15) is 13.2 Å². The van der Waals surface area contributed by atoms with Crippen LogP contribution in [0.5, 0.6) is 0 Å². The lowest BCUT2D eigenvalue weighted by Crippen LogP contribution is -2.38. The number of anilines is 2. The van der Waals surface area contributed by atoms with Gasteiger partial charge in [-0.25, -0.2) is 4.98 Å². The van der Waals surface area contributed by atoms with Gasteiger partial charge in [-0.3, -0.25) is 9.59 Å². The highest BCUT2D eigenvalue weighted by atomic mass is 19.4. The molecule has 192 valence electrons. The fourth-order valence-electron chi connectivity index (χ4n) is 4.38. The van der Waals surface area contributed by atoms with Gasteiger partial charge in [0.15, 0.2) is 0 Å². The Labute approximate surface area is 207 Å². The van der Waals surface area contributed by atoms with E-state index in [1.807, 2.05) is 31.9 Å². The number of nitrogens with one attached hydrogen (secondary N) is 2. The SMILES string of the molecule is CC(C)C(=O)N1CCC(N(C)c2nc3ccc(NC(=O)CCc4ccc(C(F)(F)F)cc4)cc3[nH]2)C1. The minimum atomic E-state index is -4.37. The second-order valence-corrected chi connectivity index (χ2v) is 9.53. The molecular formula is C26H30F3N5O2. The van der Waals surface area contributed by atoms with Gasteiger partial charge in [0.05, 0.1) is 22.6 Å². The maximum Gasteiger partial charge on any atom is 0.416 e. The molecule has 4 rings (SSSR count). The number of amides is 2. The lowest BCUT2D eigenvalue weighted by Gasteiger charge is -2.24. The highest BCUT2D eigenvalue weighted by Crippen LogP contribution is 2.29. The fourth-order valence-corrected chi connectivity index (χ4v) is 4.38. The smallest absolute Gasteiger partial charge is 0.341 e. The van der Waals surface area contributed by atoms with Crippen molar-refractivity contribution in [3.8, 4) is 0 Å². The molecule has 3 aromatic rings. The molecule has 2 aromatic carbocycles. The van der Waals surface area contributed by atoms with Crippen molar-refractivity contribution in [1.29, 1.82) is 0 Å². The van der Waals surface area contributed by atoms with Gasteiger partial charge in [0.2, 0.25) is 17.8 Å². The van der Waals surface area contributed by atoms with Gasteiger partial charge in [0.25, 0.3) is 0 Å². The van der Waals surface area contributed by atoms with E-state index in [4.69, 9.17) is 0 Å². The van der Waals surface area contributed by atoms with E-state index in [1.54, 1.807) is 12.1 Å². The zero-order valence-corrected chi connectivity index (χ0v) is 20.5. The summed E-state index contributed by atoms with van der Waals surface area (Å²) >= 11 is 0. The number of likely N-dealkylation sites (N-methyl/N-ethyl adjacent to an activating group) is 1. The van der Waals surface area contributed by atoms with Gasteiger partial charge in [-0.1, -0.05) is 26.0 Å². The molecule has 1 fully saturated rings. The fraction of sp³-hybridized carbons (Fsp3) is 0.423. The largest absolute Gasteiger partial charge is 0.416 e. The number of hydrogen-bond donors (Lipinski definition) is 2. The Hall–Kier alpha value is -3.56. The van der Waals surface area contributed by atoms with Crippen molar-refractivity contribution >= 4 is 34.5 Å². The second-order valence-electron chi connectivity index (χ2n) is 9.53. The van der Waals surface area contributed by atoms with E-state index in [9.17, 15) is 22.8 Å². The number of imidazole rings is 1. The normalized spacial score (nSPS) is 16.1. The van der Waals surface area contributed by atoms with Crippen LogP contribution in [0.1, 0.15) is 37.8 Å². The van der Waals surface area contributed by atoms with E-state index in [0.717, 1.165) is 36.1 Å². The summed E-state index contributed by atoms with van der Waals surface area (Å²) in [6, 6.07) is 10.4. The Morgan fingerprint density at radius 1 is 1.19 bits per heavy atom. The predicted octanol–water partition coefficient (Wildman–Crippen LogP) is 4.85. The first-order chi connectivity index (χ1) is 17.0. The Balaban J connectivity index is 1.35. The molecular weight excluding hydrogens is 471 g/mol. The molecule has 2 N–H and O–H groups in total. The summed E-state index contributed by atoms with van der Waals surface area (Å²) in [5.41, 5.74) is 2.09. The van der Waals surface area contributed by atoms with Crippen molar-refractivity contribution < 1.29 is 22.8 Å². The predicted molar refractivity (Wildman–Crippen MR) is 133 cm³/mol. The number of aromatic nitrogens is 2. The topological polar surface area (TPSA) is 81.3 Å². The summed E-state index contributed by atoms with van der Waals surface area (Å²) in [5, 5.41) is 2.84. The maximum atomic E-state index is 12.7. The molecule has 2 heterocycles. The van der Waals surface area contributed by atoms with Gasteiger partial charge in [-0.05, 0) is 48.7 Å². The third kappa shape index (κ3) is 5.80. The Morgan fingerprint density at radius 2 is 1.92 bits per heavy atom. The first-order valence-electron chi connectivity index (χ1n) is 12.0. The number of alkyl halides is 3. The van der Waals surface area contributed by atoms with Crippen LogP contribution in [0, 0.1) is 5.92 Å². The monoisotopic (exact) mass is 501 g/mol. The van der Waals surface area contributed by atoms with Crippen LogP contribution in [0.4, 0.5) is 24.8 Å². The molecule has 7 nitrogen and oxygen atoms in total. The molecule has 1 aliphatic heterocycles. The summed E-state index contributed by atoms with van der Waals surface area (Å²) in [6.07, 6.45) is -3.02. The summed E-state index contributed by atoms with van der Waals surface area (Å²) in [6.45, 7) is 5.20. The number of likely N-dealkylation sites (tertiary alicyclic amines) is 1. The molecule has 1 aromatic heterocycles. The van der Waals surface area contributed by atoms with Crippen molar-refractivity contribution in [2.24, 2.45) is 5.92 Å². The third-order valence-electron chi connectivity index (χ3n) is 6.53. The molecule has 0 aliphatic carbocycles.